The molecule has 2 aromatic carbocycles. The molecule has 0 radical (unpaired) electrons. The van der Waals surface area contributed by atoms with E-state index in [4.69, 9.17) is 14.2 Å². The van der Waals surface area contributed by atoms with Crippen molar-refractivity contribution >= 4 is 5.97 Å². The average molecular weight is 367 g/mol. The zero-order chi connectivity index (χ0) is 19.2. The van der Waals surface area contributed by atoms with Gasteiger partial charge in [-0.1, -0.05) is 17.7 Å². The lowest BCUT2D eigenvalue weighted by atomic mass is 10.1. The molecule has 0 fully saturated rings. The van der Waals surface area contributed by atoms with E-state index in [1.807, 2.05) is 49.4 Å². The van der Waals surface area contributed by atoms with Crippen LogP contribution in [0.5, 0.6) is 11.5 Å². The predicted molar refractivity (Wildman–Crippen MR) is 99.8 cm³/mol. The summed E-state index contributed by atoms with van der Waals surface area (Å²) < 4.78 is 16.3. The number of rotatable bonds is 7. The summed E-state index contributed by atoms with van der Waals surface area (Å²) in [5.74, 6) is 0.934. The van der Waals surface area contributed by atoms with E-state index in [1.165, 1.54) is 5.56 Å². The molecule has 0 saturated heterocycles. The number of nitrogens with one attached hydrogen (secondary N) is 1. The SMILES string of the molecule is CCOC(=O)c1n[nH]nc1-c1ccc(OC)c(COc2ccc(C)cc2)c1. The number of esters is 1. The molecule has 0 atom stereocenters. The fourth-order valence-electron chi connectivity index (χ4n) is 2.61. The molecule has 0 saturated carbocycles. The highest BCUT2D eigenvalue weighted by Crippen LogP contribution is 2.28. The van der Waals surface area contributed by atoms with Gasteiger partial charge in [-0.3, -0.25) is 0 Å². The molecule has 7 heteroatoms. The largest absolute Gasteiger partial charge is 0.496 e. The van der Waals surface area contributed by atoms with Crippen LogP contribution in [0.3, 0.4) is 0 Å². The highest BCUT2D eigenvalue weighted by Gasteiger charge is 2.20. The second-order valence-electron chi connectivity index (χ2n) is 5.87. The number of hydrogen-bond acceptors (Lipinski definition) is 6. The van der Waals surface area contributed by atoms with Crippen molar-refractivity contribution in [2.45, 2.75) is 20.5 Å². The van der Waals surface area contributed by atoms with Crippen LogP contribution in [0.4, 0.5) is 0 Å². The molecule has 0 unspecified atom stereocenters. The van der Waals surface area contributed by atoms with E-state index in [9.17, 15) is 4.79 Å². The van der Waals surface area contributed by atoms with Crippen LogP contribution in [0.15, 0.2) is 42.5 Å². The Bertz CT molecular complexity index is 919. The third-order valence-corrected chi connectivity index (χ3v) is 3.99. The Morgan fingerprint density at radius 1 is 1.11 bits per heavy atom. The first kappa shape index (κ1) is 18.4. The molecule has 140 valence electrons. The second-order valence-corrected chi connectivity index (χ2v) is 5.87. The molecule has 1 heterocycles. The number of carbonyl (C=O) groups excluding carboxylic acids is 1. The lowest BCUT2D eigenvalue weighted by Gasteiger charge is -2.12. The van der Waals surface area contributed by atoms with E-state index in [1.54, 1.807) is 14.0 Å². The Hall–Kier alpha value is -3.35. The Balaban J connectivity index is 1.86. The van der Waals surface area contributed by atoms with Crippen molar-refractivity contribution in [2.24, 2.45) is 0 Å². The predicted octanol–water partition coefficient (Wildman–Crippen LogP) is 3.54. The molecule has 0 aliphatic rings. The summed E-state index contributed by atoms with van der Waals surface area (Å²) in [7, 11) is 1.60. The number of ether oxygens (including phenoxy) is 3. The highest BCUT2D eigenvalue weighted by atomic mass is 16.5. The fourth-order valence-corrected chi connectivity index (χ4v) is 2.61. The van der Waals surface area contributed by atoms with Crippen LogP contribution in [0.25, 0.3) is 11.3 Å². The van der Waals surface area contributed by atoms with Crippen molar-refractivity contribution in [3.8, 4) is 22.8 Å². The van der Waals surface area contributed by atoms with Gasteiger partial charge in [0.25, 0.3) is 0 Å². The summed E-state index contributed by atoms with van der Waals surface area (Å²) in [6.07, 6.45) is 0. The van der Waals surface area contributed by atoms with Gasteiger partial charge in [0.1, 0.15) is 23.8 Å². The van der Waals surface area contributed by atoms with Crippen LogP contribution in [-0.4, -0.2) is 35.1 Å². The Kier molecular flexibility index (Phi) is 5.71. The molecule has 3 rings (SSSR count). The molecule has 0 bridgehead atoms. The minimum absolute atomic E-state index is 0.146. The summed E-state index contributed by atoms with van der Waals surface area (Å²) in [5.41, 5.74) is 3.28. The molecule has 1 aromatic heterocycles. The van der Waals surface area contributed by atoms with Crippen LogP contribution < -0.4 is 9.47 Å². The lowest BCUT2D eigenvalue weighted by Crippen LogP contribution is -2.07. The number of aryl methyl sites for hydroxylation is 1. The topological polar surface area (TPSA) is 86.3 Å². The normalized spacial score (nSPS) is 10.5. The average Bonchev–Trinajstić information content (AvgIpc) is 3.17. The smallest absolute Gasteiger partial charge is 0.361 e. The maximum atomic E-state index is 12.1. The Morgan fingerprint density at radius 2 is 1.89 bits per heavy atom. The standard InChI is InChI=1S/C20H21N3O4/c1-4-26-20(24)19-18(21-23-22-19)14-7-10-17(25-3)15(11-14)12-27-16-8-5-13(2)6-9-16/h5-11H,4,12H2,1-3H3,(H,21,22,23). The number of aromatic amines is 1. The molecular formula is C20H21N3O4. The van der Waals surface area contributed by atoms with Crippen molar-refractivity contribution < 1.29 is 19.0 Å². The van der Waals surface area contributed by atoms with Crippen LogP contribution in [-0.2, 0) is 11.3 Å². The van der Waals surface area contributed by atoms with Gasteiger partial charge in [-0.2, -0.15) is 10.3 Å². The summed E-state index contributed by atoms with van der Waals surface area (Å²) >= 11 is 0. The van der Waals surface area contributed by atoms with E-state index in [-0.39, 0.29) is 12.3 Å². The molecule has 7 nitrogen and oxygen atoms in total. The van der Waals surface area contributed by atoms with Gasteiger partial charge in [-0.25, -0.2) is 4.79 Å². The van der Waals surface area contributed by atoms with Crippen LogP contribution in [0, 0.1) is 6.92 Å². The lowest BCUT2D eigenvalue weighted by molar-refractivity contribution is 0.0520. The maximum Gasteiger partial charge on any atom is 0.361 e. The van der Waals surface area contributed by atoms with Crippen LogP contribution in [0.2, 0.25) is 0 Å². The highest BCUT2D eigenvalue weighted by molar-refractivity contribution is 5.94. The van der Waals surface area contributed by atoms with Gasteiger partial charge in [0.2, 0.25) is 0 Å². The first-order valence-corrected chi connectivity index (χ1v) is 8.57. The second kappa shape index (κ2) is 8.35. The van der Waals surface area contributed by atoms with Gasteiger partial charge >= 0.3 is 5.97 Å². The molecule has 3 aromatic rings. The zero-order valence-corrected chi connectivity index (χ0v) is 15.5. The number of nitrogens with zero attached hydrogens (tertiary/aromatic N) is 2. The molecular weight excluding hydrogens is 346 g/mol. The Labute approximate surface area is 157 Å². The van der Waals surface area contributed by atoms with Gasteiger partial charge in [-0.05, 0) is 44.2 Å². The third-order valence-electron chi connectivity index (χ3n) is 3.99. The van der Waals surface area contributed by atoms with E-state index >= 15 is 0 Å². The number of benzene rings is 2. The summed E-state index contributed by atoms with van der Waals surface area (Å²) in [5, 5.41) is 10.5. The first-order chi connectivity index (χ1) is 13.1. The quantitative estimate of drug-likeness (QED) is 0.643. The van der Waals surface area contributed by atoms with Gasteiger partial charge in [0.15, 0.2) is 5.69 Å². The summed E-state index contributed by atoms with van der Waals surface area (Å²) in [4.78, 5) is 12.1. The van der Waals surface area contributed by atoms with E-state index in [0.717, 1.165) is 16.9 Å². The van der Waals surface area contributed by atoms with Gasteiger partial charge in [-0.15, -0.1) is 5.10 Å². The van der Waals surface area contributed by atoms with E-state index in [0.29, 0.717) is 18.1 Å². The number of aromatic nitrogens is 3. The number of methoxy groups -OCH3 is 1. The van der Waals surface area contributed by atoms with Crippen molar-refractivity contribution in [1.29, 1.82) is 0 Å². The van der Waals surface area contributed by atoms with Crippen molar-refractivity contribution in [1.82, 2.24) is 15.4 Å². The van der Waals surface area contributed by atoms with Gasteiger partial charge in [0, 0.05) is 11.1 Å². The Morgan fingerprint density at radius 3 is 2.59 bits per heavy atom. The number of hydrogen-bond donors (Lipinski definition) is 1. The van der Waals surface area contributed by atoms with Crippen molar-refractivity contribution in [3.05, 3.63) is 59.3 Å². The minimum Gasteiger partial charge on any atom is -0.496 e. The zero-order valence-electron chi connectivity index (χ0n) is 15.5. The molecule has 1 N–H and O–H groups in total. The fraction of sp³-hybridized carbons (Fsp3) is 0.250. The maximum absolute atomic E-state index is 12.1. The van der Waals surface area contributed by atoms with Crippen LogP contribution in [0.1, 0.15) is 28.5 Å². The van der Waals surface area contributed by atoms with Crippen molar-refractivity contribution in [2.75, 3.05) is 13.7 Å². The minimum atomic E-state index is -0.519. The van der Waals surface area contributed by atoms with Gasteiger partial charge in [0.05, 0.1) is 13.7 Å². The molecule has 0 spiro atoms. The molecule has 0 aliphatic carbocycles. The summed E-state index contributed by atoms with van der Waals surface area (Å²) in [6.45, 7) is 4.34. The first-order valence-electron chi connectivity index (χ1n) is 8.57. The number of H-pyrrole nitrogens is 1. The van der Waals surface area contributed by atoms with Gasteiger partial charge < -0.3 is 14.2 Å². The third kappa shape index (κ3) is 4.25. The van der Waals surface area contributed by atoms with E-state index in [2.05, 4.69) is 15.4 Å². The molecule has 27 heavy (non-hydrogen) atoms. The van der Waals surface area contributed by atoms with Crippen LogP contribution >= 0.6 is 0 Å². The molecule has 0 amide bonds. The monoisotopic (exact) mass is 367 g/mol. The van der Waals surface area contributed by atoms with E-state index < -0.39 is 5.97 Å². The van der Waals surface area contributed by atoms with Crippen molar-refractivity contribution in [3.63, 3.8) is 0 Å². The number of carbonyl (C=O) groups is 1. The summed E-state index contributed by atoms with van der Waals surface area (Å²) in [6, 6.07) is 13.3. The molecule has 0 aliphatic heterocycles.